The lowest BCUT2D eigenvalue weighted by atomic mass is 9.85. The summed E-state index contributed by atoms with van der Waals surface area (Å²) in [5, 5.41) is 3.33. The number of rotatable bonds is 5. The van der Waals surface area contributed by atoms with Gasteiger partial charge in [-0.15, -0.1) is 0 Å². The first-order valence-electron chi connectivity index (χ1n) is 6.02. The zero-order chi connectivity index (χ0) is 11.3. The number of ketones is 1. The van der Waals surface area contributed by atoms with Crippen LogP contribution in [0, 0.1) is 5.41 Å². The van der Waals surface area contributed by atoms with Crippen molar-refractivity contribution in [2.75, 3.05) is 32.7 Å². The van der Waals surface area contributed by atoms with Gasteiger partial charge in [0, 0.05) is 44.6 Å². The zero-order valence-electron chi connectivity index (χ0n) is 10.3. The highest BCUT2D eigenvalue weighted by molar-refractivity contribution is 5.84. The number of carbonyl (C=O) groups is 1. The molecule has 0 aromatic carbocycles. The predicted molar refractivity (Wildman–Crippen MR) is 63.0 cm³/mol. The maximum atomic E-state index is 11.9. The van der Waals surface area contributed by atoms with Crippen molar-refractivity contribution in [2.24, 2.45) is 5.41 Å². The van der Waals surface area contributed by atoms with Crippen LogP contribution in [-0.4, -0.2) is 43.4 Å². The van der Waals surface area contributed by atoms with Crippen LogP contribution in [0.3, 0.4) is 0 Å². The molecule has 0 aromatic heterocycles. The molecule has 1 aliphatic rings. The van der Waals surface area contributed by atoms with Crippen LogP contribution >= 0.6 is 0 Å². The summed E-state index contributed by atoms with van der Waals surface area (Å²) in [6, 6.07) is 0. The van der Waals surface area contributed by atoms with Gasteiger partial charge in [0.15, 0.2) is 0 Å². The Hall–Kier alpha value is -0.410. The van der Waals surface area contributed by atoms with Gasteiger partial charge in [-0.3, -0.25) is 9.69 Å². The van der Waals surface area contributed by atoms with E-state index < -0.39 is 0 Å². The van der Waals surface area contributed by atoms with Crippen LogP contribution < -0.4 is 5.32 Å². The summed E-state index contributed by atoms with van der Waals surface area (Å²) < 4.78 is 0. The van der Waals surface area contributed by atoms with Crippen LogP contribution in [-0.2, 0) is 4.79 Å². The second-order valence-corrected chi connectivity index (χ2v) is 5.08. The van der Waals surface area contributed by atoms with E-state index in [-0.39, 0.29) is 5.41 Å². The summed E-state index contributed by atoms with van der Waals surface area (Å²) in [6.45, 7) is 11.4. The fourth-order valence-corrected chi connectivity index (χ4v) is 2.08. The van der Waals surface area contributed by atoms with Gasteiger partial charge in [0.2, 0.25) is 0 Å². The van der Waals surface area contributed by atoms with Crippen molar-refractivity contribution in [1.29, 1.82) is 0 Å². The summed E-state index contributed by atoms with van der Waals surface area (Å²) in [6.07, 6.45) is 1.68. The van der Waals surface area contributed by atoms with Crippen molar-refractivity contribution < 1.29 is 4.79 Å². The van der Waals surface area contributed by atoms with Crippen LogP contribution in [0.5, 0.6) is 0 Å². The van der Waals surface area contributed by atoms with Crippen molar-refractivity contribution in [2.45, 2.75) is 33.6 Å². The Bertz CT molecular complexity index is 208. The minimum Gasteiger partial charge on any atom is -0.314 e. The lowest BCUT2D eigenvalue weighted by molar-refractivity contribution is -0.128. The molecule has 0 aromatic rings. The van der Waals surface area contributed by atoms with E-state index in [4.69, 9.17) is 0 Å². The van der Waals surface area contributed by atoms with Gasteiger partial charge in [0.25, 0.3) is 0 Å². The van der Waals surface area contributed by atoms with E-state index in [2.05, 4.69) is 31.0 Å². The SMILES string of the molecule is CCCC(=O)C(C)(C)CN1CCNCC1. The molecule has 0 unspecified atom stereocenters. The minimum absolute atomic E-state index is 0.173. The standard InChI is InChI=1S/C12H24N2O/c1-4-5-11(15)12(2,3)10-14-8-6-13-7-9-14/h13H,4-10H2,1-3H3. The zero-order valence-corrected chi connectivity index (χ0v) is 10.3. The monoisotopic (exact) mass is 212 g/mol. The Labute approximate surface area is 93.2 Å². The van der Waals surface area contributed by atoms with Gasteiger partial charge in [-0.05, 0) is 6.42 Å². The molecule has 0 bridgehead atoms. The molecule has 0 atom stereocenters. The van der Waals surface area contributed by atoms with Crippen LogP contribution in [0.15, 0.2) is 0 Å². The first-order chi connectivity index (χ1) is 7.06. The molecule has 0 saturated carbocycles. The molecule has 1 heterocycles. The molecule has 0 radical (unpaired) electrons. The molecule has 3 nitrogen and oxygen atoms in total. The molecule has 0 spiro atoms. The Balaban J connectivity index is 2.42. The number of carbonyl (C=O) groups excluding carboxylic acids is 1. The van der Waals surface area contributed by atoms with E-state index >= 15 is 0 Å². The quantitative estimate of drug-likeness (QED) is 0.745. The van der Waals surface area contributed by atoms with Gasteiger partial charge in [-0.25, -0.2) is 0 Å². The maximum Gasteiger partial charge on any atom is 0.139 e. The number of hydrogen-bond acceptors (Lipinski definition) is 3. The first kappa shape index (κ1) is 12.7. The fourth-order valence-electron chi connectivity index (χ4n) is 2.08. The predicted octanol–water partition coefficient (Wildman–Crippen LogP) is 1.29. The number of hydrogen-bond donors (Lipinski definition) is 1. The lowest BCUT2D eigenvalue weighted by Crippen LogP contribution is -2.48. The first-order valence-corrected chi connectivity index (χ1v) is 6.02. The van der Waals surface area contributed by atoms with Gasteiger partial charge < -0.3 is 5.32 Å². The molecule has 15 heavy (non-hydrogen) atoms. The smallest absolute Gasteiger partial charge is 0.139 e. The average molecular weight is 212 g/mol. The van der Waals surface area contributed by atoms with E-state index in [1.54, 1.807) is 0 Å². The van der Waals surface area contributed by atoms with E-state index in [0.717, 1.165) is 45.6 Å². The second-order valence-electron chi connectivity index (χ2n) is 5.08. The number of nitrogens with one attached hydrogen (secondary N) is 1. The third-order valence-corrected chi connectivity index (χ3v) is 3.06. The minimum atomic E-state index is -0.173. The van der Waals surface area contributed by atoms with E-state index in [1.165, 1.54) is 0 Å². The summed E-state index contributed by atoms with van der Waals surface area (Å²) in [5.41, 5.74) is -0.173. The lowest BCUT2D eigenvalue weighted by Gasteiger charge is -2.34. The highest BCUT2D eigenvalue weighted by atomic mass is 16.1. The van der Waals surface area contributed by atoms with Gasteiger partial charge in [-0.1, -0.05) is 20.8 Å². The number of nitrogens with zero attached hydrogens (tertiary/aromatic N) is 1. The molecule has 0 amide bonds. The third-order valence-electron chi connectivity index (χ3n) is 3.06. The summed E-state index contributed by atoms with van der Waals surface area (Å²) >= 11 is 0. The van der Waals surface area contributed by atoms with Gasteiger partial charge in [-0.2, -0.15) is 0 Å². The maximum absolute atomic E-state index is 11.9. The largest absolute Gasteiger partial charge is 0.314 e. The molecule has 1 N–H and O–H groups in total. The van der Waals surface area contributed by atoms with Crippen LogP contribution in [0.4, 0.5) is 0 Å². The highest BCUT2D eigenvalue weighted by Gasteiger charge is 2.29. The fraction of sp³-hybridized carbons (Fsp3) is 0.917. The van der Waals surface area contributed by atoms with Crippen molar-refractivity contribution in [1.82, 2.24) is 10.2 Å². The molecule has 3 heteroatoms. The molecule has 1 fully saturated rings. The van der Waals surface area contributed by atoms with Crippen molar-refractivity contribution >= 4 is 5.78 Å². The molecular weight excluding hydrogens is 188 g/mol. The second kappa shape index (κ2) is 5.61. The number of piperazine rings is 1. The summed E-state index contributed by atoms with van der Waals surface area (Å²) in [4.78, 5) is 14.3. The molecular formula is C12H24N2O. The normalized spacial score (nSPS) is 19.1. The Morgan fingerprint density at radius 1 is 1.33 bits per heavy atom. The topological polar surface area (TPSA) is 32.3 Å². The van der Waals surface area contributed by atoms with Gasteiger partial charge in [0.1, 0.15) is 5.78 Å². The van der Waals surface area contributed by atoms with Crippen molar-refractivity contribution in [3.05, 3.63) is 0 Å². The summed E-state index contributed by atoms with van der Waals surface area (Å²) in [7, 11) is 0. The van der Waals surface area contributed by atoms with Gasteiger partial charge in [0.05, 0.1) is 0 Å². The highest BCUT2D eigenvalue weighted by Crippen LogP contribution is 2.21. The van der Waals surface area contributed by atoms with E-state index in [1.807, 2.05) is 0 Å². The van der Waals surface area contributed by atoms with E-state index in [9.17, 15) is 4.79 Å². The van der Waals surface area contributed by atoms with E-state index in [0.29, 0.717) is 5.78 Å². The molecule has 88 valence electrons. The molecule has 1 rings (SSSR count). The third kappa shape index (κ3) is 3.92. The number of Topliss-reactive ketones (excluding diaryl/α,β-unsaturated/α-hetero) is 1. The van der Waals surface area contributed by atoms with Crippen molar-refractivity contribution in [3.63, 3.8) is 0 Å². The van der Waals surface area contributed by atoms with Crippen LogP contribution in [0.25, 0.3) is 0 Å². The van der Waals surface area contributed by atoms with Crippen LogP contribution in [0.2, 0.25) is 0 Å². The molecule has 1 saturated heterocycles. The average Bonchev–Trinajstić information content (AvgIpc) is 2.19. The molecule has 1 aliphatic heterocycles. The molecule has 0 aliphatic carbocycles. The summed E-state index contributed by atoms with van der Waals surface area (Å²) in [5.74, 6) is 0.406. The van der Waals surface area contributed by atoms with Crippen LogP contribution in [0.1, 0.15) is 33.6 Å². The Morgan fingerprint density at radius 2 is 1.93 bits per heavy atom. The Morgan fingerprint density at radius 3 is 2.47 bits per heavy atom. The Kier molecular flexibility index (Phi) is 4.74. The van der Waals surface area contributed by atoms with Gasteiger partial charge >= 0.3 is 0 Å². The van der Waals surface area contributed by atoms with Crippen molar-refractivity contribution in [3.8, 4) is 0 Å².